The van der Waals surface area contributed by atoms with E-state index in [4.69, 9.17) is 4.98 Å². The van der Waals surface area contributed by atoms with Gasteiger partial charge in [-0.3, -0.25) is 0 Å². The number of nitrogens with zero attached hydrogens (tertiary/aromatic N) is 1. The average Bonchev–Trinajstić information content (AvgIpc) is 3.05. The molecule has 0 unspecified atom stereocenters. The van der Waals surface area contributed by atoms with Crippen LogP contribution >= 0.6 is 11.3 Å². The Morgan fingerprint density at radius 1 is 1.47 bits per heavy atom. The van der Waals surface area contributed by atoms with Gasteiger partial charge in [0.1, 0.15) is 0 Å². The summed E-state index contributed by atoms with van der Waals surface area (Å²) < 4.78 is 0. The van der Waals surface area contributed by atoms with Crippen molar-refractivity contribution in [1.29, 1.82) is 0 Å². The van der Waals surface area contributed by atoms with E-state index >= 15 is 0 Å². The Kier molecular flexibility index (Phi) is 4.01. The number of hydrogen-bond acceptors (Lipinski definition) is 4. The van der Waals surface area contributed by atoms with Crippen molar-refractivity contribution in [2.75, 3.05) is 6.61 Å². The molecule has 0 spiro atoms. The lowest BCUT2D eigenvalue weighted by atomic mass is 9.97. The molecule has 0 saturated heterocycles. The minimum absolute atomic E-state index is 0.269. The molecular formula is C15H22N2OS. The zero-order chi connectivity index (χ0) is 13.2. The van der Waals surface area contributed by atoms with Gasteiger partial charge in [-0.2, -0.15) is 0 Å². The first-order valence-electron chi connectivity index (χ1n) is 7.33. The van der Waals surface area contributed by atoms with Crippen LogP contribution in [0.2, 0.25) is 0 Å². The van der Waals surface area contributed by atoms with E-state index in [9.17, 15) is 5.11 Å². The number of aryl methyl sites for hydroxylation is 2. The standard InChI is InChI=1S/C15H22N2OS/c1-2-14-17-13-5-3-4-12(15(13)19-14)16-11-7-6-10(8-11)9-18/h6-7,10-12,16,18H,2-5,8-9H2,1H3/t10-,11+,12-/m0/s1. The van der Waals surface area contributed by atoms with Gasteiger partial charge in [0.2, 0.25) is 0 Å². The molecule has 4 heteroatoms. The van der Waals surface area contributed by atoms with E-state index in [1.54, 1.807) is 0 Å². The van der Waals surface area contributed by atoms with Crippen molar-refractivity contribution >= 4 is 11.3 Å². The molecule has 0 radical (unpaired) electrons. The summed E-state index contributed by atoms with van der Waals surface area (Å²) in [6, 6.07) is 0.883. The molecule has 1 aromatic heterocycles. The lowest BCUT2D eigenvalue weighted by Gasteiger charge is -2.25. The maximum atomic E-state index is 9.20. The van der Waals surface area contributed by atoms with E-state index in [0.717, 1.165) is 19.3 Å². The normalized spacial score (nSPS) is 29.7. The molecule has 0 fully saturated rings. The molecule has 3 rings (SSSR count). The summed E-state index contributed by atoms with van der Waals surface area (Å²) in [6.45, 7) is 2.45. The third-order valence-corrected chi connectivity index (χ3v) is 5.47. The summed E-state index contributed by atoms with van der Waals surface area (Å²) in [6.07, 6.45) is 10.0. The summed E-state index contributed by atoms with van der Waals surface area (Å²) >= 11 is 1.89. The quantitative estimate of drug-likeness (QED) is 0.832. The molecule has 2 N–H and O–H groups in total. The number of aliphatic hydroxyl groups is 1. The Hall–Kier alpha value is -0.710. The third-order valence-electron chi connectivity index (χ3n) is 4.12. The Bertz CT molecular complexity index is 469. The predicted molar refractivity (Wildman–Crippen MR) is 78.4 cm³/mol. The highest BCUT2D eigenvalue weighted by molar-refractivity contribution is 7.11. The van der Waals surface area contributed by atoms with Crippen LogP contribution in [0.25, 0.3) is 0 Å². The van der Waals surface area contributed by atoms with Crippen LogP contribution in [0.3, 0.4) is 0 Å². The van der Waals surface area contributed by atoms with E-state index in [0.29, 0.717) is 18.0 Å². The van der Waals surface area contributed by atoms with Gasteiger partial charge in [0.05, 0.1) is 10.7 Å². The highest BCUT2D eigenvalue weighted by Crippen LogP contribution is 2.35. The van der Waals surface area contributed by atoms with Gasteiger partial charge in [0, 0.05) is 29.5 Å². The van der Waals surface area contributed by atoms with Gasteiger partial charge in [-0.25, -0.2) is 4.98 Å². The number of aromatic nitrogens is 1. The number of fused-ring (bicyclic) bond motifs is 1. The Labute approximate surface area is 118 Å². The van der Waals surface area contributed by atoms with Crippen LogP contribution in [0.4, 0.5) is 0 Å². The van der Waals surface area contributed by atoms with Gasteiger partial charge in [0.25, 0.3) is 0 Å². The monoisotopic (exact) mass is 278 g/mol. The molecule has 19 heavy (non-hydrogen) atoms. The van der Waals surface area contributed by atoms with E-state index in [1.165, 1.54) is 28.4 Å². The average molecular weight is 278 g/mol. The van der Waals surface area contributed by atoms with Crippen molar-refractivity contribution in [3.8, 4) is 0 Å². The van der Waals surface area contributed by atoms with Gasteiger partial charge >= 0.3 is 0 Å². The first-order valence-corrected chi connectivity index (χ1v) is 8.15. The fourth-order valence-corrected chi connectivity index (χ4v) is 4.22. The van der Waals surface area contributed by atoms with Crippen LogP contribution in [0.5, 0.6) is 0 Å². The second-order valence-electron chi connectivity index (χ2n) is 5.55. The minimum Gasteiger partial charge on any atom is -0.396 e. The largest absolute Gasteiger partial charge is 0.396 e. The fourth-order valence-electron chi connectivity index (χ4n) is 3.07. The number of thiazole rings is 1. The molecule has 0 aromatic carbocycles. The smallest absolute Gasteiger partial charge is 0.0928 e. The van der Waals surface area contributed by atoms with Crippen molar-refractivity contribution in [2.45, 2.75) is 51.1 Å². The molecule has 3 atom stereocenters. The van der Waals surface area contributed by atoms with Crippen molar-refractivity contribution in [3.63, 3.8) is 0 Å². The highest BCUT2D eigenvalue weighted by Gasteiger charge is 2.27. The summed E-state index contributed by atoms with van der Waals surface area (Å²) in [5.41, 5.74) is 1.33. The molecule has 2 aliphatic carbocycles. The van der Waals surface area contributed by atoms with E-state index < -0.39 is 0 Å². The van der Waals surface area contributed by atoms with Gasteiger partial charge in [0.15, 0.2) is 0 Å². The molecule has 1 aromatic rings. The maximum Gasteiger partial charge on any atom is 0.0928 e. The lowest BCUT2D eigenvalue weighted by molar-refractivity contribution is 0.244. The summed E-state index contributed by atoms with van der Waals surface area (Å²) in [5.74, 6) is 0.341. The lowest BCUT2D eigenvalue weighted by Crippen LogP contribution is -2.32. The number of hydrogen-bond donors (Lipinski definition) is 2. The number of nitrogens with one attached hydrogen (secondary N) is 1. The predicted octanol–water partition coefficient (Wildman–Crippen LogP) is 2.61. The Balaban J connectivity index is 1.70. The Morgan fingerprint density at radius 3 is 3.11 bits per heavy atom. The van der Waals surface area contributed by atoms with Crippen LogP contribution in [0.1, 0.15) is 47.8 Å². The zero-order valence-corrected chi connectivity index (χ0v) is 12.2. The van der Waals surface area contributed by atoms with Crippen molar-refractivity contribution in [2.24, 2.45) is 5.92 Å². The summed E-state index contributed by atoms with van der Waals surface area (Å²) in [4.78, 5) is 6.21. The molecule has 104 valence electrons. The molecule has 0 bridgehead atoms. The van der Waals surface area contributed by atoms with E-state index in [2.05, 4.69) is 24.4 Å². The van der Waals surface area contributed by atoms with Crippen molar-refractivity contribution < 1.29 is 5.11 Å². The third kappa shape index (κ3) is 2.76. The molecule has 3 nitrogen and oxygen atoms in total. The number of aliphatic hydroxyl groups excluding tert-OH is 1. The van der Waals surface area contributed by atoms with Crippen molar-refractivity contribution in [3.05, 3.63) is 27.7 Å². The van der Waals surface area contributed by atoms with Crippen LogP contribution in [0, 0.1) is 5.92 Å². The molecular weight excluding hydrogens is 256 g/mol. The first kappa shape index (κ1) is 13.3. The second-order valence-corrected chi connectivity index (χ2v) is 6.67. The van der Waals surface area contributed by atoms with Crippen LogP contribution in [-0.4, -0.2) is 22.7 Å². The summed E-state index contributed by atoms with van der Waals surface area (Å²) in [7, 11) is 0. The summed E-state index contributed by atoms with van der Waals surface area (Å²) in [5, 5.41) is 14.2. The minimum atomic E-state index is 0.269. The van der Waals surface area contributed by atoms with Gasteiger partial charge in [-0.15, -0.1) is 11.3 Å². The fraction of sp³-hybridized carbons (Fsp3) is 0.667. The van der Waals surface area contributed by atoms with E-state index in [-0.39, 0.29) is 6.61 Å². The van der Waals surface area contributed by atoms with Crippen LogP contribution in [0.15, 0.2) is 12.2 Å². The topological polar surface area (TPSA) is 45.2 Å². The molecule has 0 amide bonds. The van der Waals surface area contributed by atoms with Gasteiger partial charge in [-0.05, 0) is 32.1 Å². The molecule has 0 saturated carbocycles. The second kappa shape index (κ2) is 5.73. The maximum absolute atomic E-state index is 9.20. The molecule has 2 aliphatic rings. The van der Waals surface area contributed by atoms with Crippen LogP contribution in [-0.2, 0) is 12.8 Å². The SMILES string of the molecule is CCc1nc2c(s1)[C@@H](N[C@@H]1C=C[C@H](CO)C1)CCC2. The molecule has 1 heterocycles. The molecule has 0 aliphatic heterocycles. The van der Waals surface area contributed by atoms with Gasteiger partial charge in [-0.1, -0.05) is 19.1 Å². The van der Waals surface area contributed by atoms with Gasteiger partial charge < -0.3 is 10.4 Å². The van der Waals surface area contributed by atoms with Crippen molar-refractivity contribution in [1.82, 2.24) is 10.3 Å². The van der Waals surface area contributed by atoms with Crippen LogP contribution < -0.4 is 5.32 Å². The zero-order valence-electron chi connectivity index (χ0n) is 11.4. The highest BCUT2D eigenvalue weighted by atomic mass is 32.1. The number of rotatable bonds is 4. The first-order chi connectivity index (χ1) is 9.30. The Morgan fingerprint density at radius 2 is 2.37 bits per heavy atom. The van der Waals surface area contributed by atoms with E-state index in [1.807, 2.05) is 11.3 Å².